The second kappa shape index (κ2) is 110. The van der Waals surface area contributed by atoms with Gasteiger partial charge in [-0.05, 0) is 31.3 Å². The van der Waals surface area contributed by atoms with Crippen LogP contribution in [0.4, 0.5) is 0 Å². The van der Waals surface area contributed by atoms with Crippen LogP contribution in [0.15, 0.2) is 0 Å². The number of carboxylic acid groups (broad SMARTS) is 1. The third kappa shape index (κ3) is 106. The third-order valence-electron chi connectivity index (χ3n) is 13.7. The smallest absolute Gasteiger partial charge is 0.305 e. The molecule has 4 N–H and O–H groups in total. The first-order valence-corrected chi connectivity index (χ1v) is 47.7. The molecule has 36 nitrogen and oxygen atoms in total. The molecule has 0 aromatic carbocycles. The van der Waals surface area contributed by atoms with Crippen LogP contribution in [0.2, 0.25) is 0 Å². The van der Waals surface area contributed by atoms with Gasteiger partial charge in [0, 0.05) is 51.9 Å². The van der Waals surface area contributed by atoms with E-state index in [9.17, 15) is 28.8 Å². The Bertz CT molecular complexity index is 2030. The summed E-state index contributed by atoms with van der Waals surface area (Å²) in [6.07, 6.45) is 11.9. The van der Waals surface area contributed by atoms with Gasteiger partial charge < -0.3 is 139 Å². The van der Waals surface area contributed by atoms with Crippen molar-refractivity contribution in [1.82, 2.24) is 20.9 Å². The van der Waals surface area contributed by atoms with E-state index >= 15 is 0 Å². The molecule has 0 bridgehead atoms. The van der Waals surface area contributed by atoms with Crippen LogP contribution in [0.25, 0.3) is 0 Å². The predicted molar refractivity (Wildman–Crippen MR) is 456 cm³/mol. The monoisotopic (exact) mass is 1790 g/mol. The van der Waals surface area contributed by atoms with Crippen LogP contribution < -0.4 is 16.0 Å². The first-order valence-electron chi connectivity index (χ1n) is 40.4. The summed E-state index contributed by atoms with van der Waals surface area (Å²) < 4.78 is 137. The number of rotatable bonds is 90. The molecule has 0 radical (unpaired) electrons. The molecular formula is C76H152N4O32S5. The molecule has 1 heterocycles. The zero-order chi connectivity index (χ0) is 86.4. The Kier molecular flexibility index (Phi) is 114. The first kappa shape index (κ1) is 121. The van der Waals surface area contributed by atoms with E-state index in [1.54, 1.807) is 49.4 Å². The molecule has 0 spiro atoms. The van der Waals surface area contributed by atoms with Crippen LogP contribution >= 0.6 is 54.9 Å². The number of hydrogen-bond donors (Lipinski definition) is 4. The van der Waals surface area contributed by atoms with E-state index in [1.807, 2.05) is 13.8 Å². The minimum atomic E-state index is -0.886. The van der Waals surface area contributed by atoms with Gasteiger partial charge in [-0.25, -0.2) is 0 Å². The summed E-state index contributed by atoms with van der Waals surface area (Å²) >= 11 is 1.35. The number of imide groups is 1. The highest BCUT2D eigenvalue weighted by Crippen LogP contribution is 2.23. The molecule has 1 rings (SSSR count). The summed E-state index contributed by atoms with van der Waals surface area (Å²) in [4.78, 5) is 71.8. The molecule has 0 saturated carbocycles. The van der Waals surface area contributed by atoms with Gasteiger partial charge in [0.2, 0.25) is 29.5 Å². The molecular weight excluding hydrogens is 1640 g/mol. The highest BCUT2D eigenvalue weighted by Gasteiger charge is 2.37. The normalized spacial score (nSPS) is 12.4. The maximum atomic E-state index is 12.1. The molecule has 1 unspecified atom stereocenters. The molecule has 1 fully saturated rings. The van der Waals surface area contributed by atoms with Crippen LogP contribution in [0, 0.1) is 0 Å². The van der Waals surface area contributed by atoms with E-state index in [4.69, 9.17) is 124 Å². The van der Waals surface area contributed by atoms with Gasteiger partial charge in [-0.15, -0.1) is 0 Å². The van der Waals surface area contributed by atoms with Crippen LogP contribution in [0.1, 0.15) is 66.2 Å². The molecule has 0 aliphatic carbocycles. The Morgan fingerprint density at radius 3 is 0.624 bits per heavy atom. The SMILES string of the molecule is CC.CCC.CSC1CC(=O)N(CCC(=O)NCCOCCOCCOCCOCCOCCOCCOCCOCCOCCOCCOCCOCCC(=O)NCCOCCC(=O)NCCOCCOCCOCCOCCOCCOCCOCCOCCOCCOCCOCCOCCC(=O)O)C1=O.CSSC.CSSC. The number of ether oxygens (including phenoxy) is 25. The van der Waals surface area contributed by atoms with Crippen molar-refractivity contribution in [2.75, 3.05) is 388 Å². The second-order valence-corrected chi connectivity index (χ2v) is 29.3. The Balaban J connectivity index is -0.00000456. The Morgan fingerprint density at radius 1 is 0.291 bits per heavy atom. The van der Waals surface area contributed by atoms with Gasteiger partial charge in [0.15, 0.2) is 0 Å². The number of carbonyl (C=O) groups is 6. The Morgan fingerprint density at radius 2 is 0.453 bits per heavy atom. The summed E-state index contributed by atoms with van der Waals surface area (Å²) in [7, 11) is 7.09. The van der Waals surface area contributed by atoms with E-state index in [0.717, 1.165) is 4.90 Å². The Labute approximate surface area is 719 Å². The molecule has 1 aliphatic rings. The standard InChI is InChI=1S/C67H126N4O32S.C3H8.2C2H6S2.C2H6/c1-104-61-60-65(75)71(67(61)78)9-2-62(72)68-7-14-82-18-22-86-26-30-90-34-38-94-42-46-98-50-54-102-58-56-100-52-48-96-44-40-92-36-32-88-28-24-84-20-16-80-11-4-64(74)69-6-13-79-10-3-63(73)70-8-15-83-19-23-87-27-31-91-35-39-95-43-47-99-51-55-103-59-57-101-53-49-97-45-41-93-37-33-89-29-25-85-21-17-81-12-5-66(76)77;1-3-2;2*1-3-4-2;1-2/h61H,2-60H2,1H3,(H,68,72)(H,69,74)(H,70,73)(H,76,77);3H2,1-2H3;2*1-2H3;1-2H3. The fourth-order valence-corrected chi connectivity index (χ4v) is 8.61. The number of aliphatic carboxylic acids is 1. The number of nitrogens with zero attached hydrogens (tertiary/aromatic N) is 1. The van der Waals surface area contributed by atoms with Crippen molar-refractivity contribution in [3.63, 3.8) is 0 Å². The highest BCUT2D eigenvalue weighted by molar-refractivity contribution is 8.76. The van der Waals surface area contributed by atoms with E-state index in [0.29, 0.717) is 324 Å². The zero-order valence-electron chi connectivity index (χ0n) is 72.1. The number of hydrogen-bond acceptors (Lipinski definition) is 36. The molecule has 1 atom stereocenters. The van der Waals surface area contributed by atoms with Gasteiger partial charge in [0.25, 0.3) is 0 Å². The van der Waals surface area contributed by atoms with Gasteiger partial charge in [0.1, 0.15) is 0 Å². The average Bonchev–Trinajstić information content (AvgIpc) is 1.70. The number of carboxylic acids is 1. The number of carbonyl (C=O) groups excluding carboxylic acids is 5. The third-order valence-corrected chi connectivity index (χ3v) is 17.3. The lowest BCUT2D eigenvalue weighted by Gasteiger charge is -2.14. The van der Waals surface area contributed by atoms with Crippen molar-refractivity contribution >= 4 is 90.4 Å². The lowest BCUT2D eigenvalue weighted by Crippen LogP contribution is -2.36. The van der Waals surface area contributed by atoms with Gasteiger partial charge in [0.05, 0.1) is 342 Å². The van der Waals surface area contributed by atoms with E-state index in [-0.39, 0.29) is 99.9 Å². The van der Waals surface area contributed by atoms with Gasteiger partial charge in [-0.1, -0.05) is 77.3 Å². The summed E-state index contributed by atoms with van der Waals surface area (Å²) in [5, 5.41) is 16.4. The van der Waals surface area contributed by atoms with Crippen molar-refractivity contribution in [3.05, 3.63) is 0 Å². The number of amides is 5. The second-order valence-electron chi connectivity index (χ2n) is 22.9. The van der Waals surface area contributed by atoms with Crippen molar-refractivity contribution in [2.45, 2.75) is 71.5 Å². The predicted octanol–water partition coefficient (Wildman–Crippen LogP) is 4.58. The molecule has 698 valence electrons. The Hall–Kier alpha value is -2.23. The number of likely N-dealkylation sites (tertiary alicyclic amines) is 1. The van der Waals surface area contributed by atoms with Gasteiger partial charge >= 0.3 is 5.97 Å². The maximum Gasteiger partial charge on any atom is 0.305 e. The number of thioether (sulfide) groups is 1. The van der Waals surface area contributed by atoms with Crippen molar-refractivity contribution in [1.29, 1.82) is 0 Å². The van der Waals surface area contributed by atoms with Crippen LogP contribution in [-0.4, -0.2) is 439 Å². The molecule has 0 aromatic heterocycles. The van der Waals surface area contributed by atoms with Crippen molar-refractivity contribution in [2.24, 2.45) is 0 Å². The molecule has 41 heteroatoms. The molecule has 5 amide bonds. The van der Waals surface area contributed by atoms with Crippen molar-refractivity contribution < 1.29 is 152 Å². The number of nitrogens with one attached hydrogen (secondary N) is 3. The van der Waals surface area contributed by atoms with Gasteiger partial charge in [-0.3, -0.25) is 33.7 Å². The topological polar surface area (TPSA) is 393 Å². The van der Waals surface area contributed by atoms with Crippen molar-refractivity contribution in [3.8, 4) is 0 Å². The van der Waals surface area contributed by atoms with Crippen LogP contribution in [0.3, 0.4) is 0 Å². The summed E-state index contributed by atoms with van der Waals surface area (Å²) in [5.41, 5.74) is 0. The molecule has 1 aliphatic heterocycles. The van der Waals surface area contributed by atoms with E-state index in [2.05, 4.69) is 54.8 Å². The maximum absolute atomic E-state index is 12.1. The highest BCUT2D eigenvalue weighted by atomic mass is 33.1. The fourth-order valence-electron chi connectivity index (χ4n) is 7.97. The summed E-state index contributed by atoms with van der Waals surface area (Å²) in [6, 6.07) is 0. The van der Waals surface area contributed by atoms with Crippen LogP contribution in [0.5, 0.6) is 0 Å². The average molecular weight is 1790 g/mol. The summed E-state index contributed by atoms with van der Waals surface area (Å²) in [5.74, 6) is -1.89. The zero-order valence-corrected chi connectivity index (χ0v) is 76.2. The fraction of sp³-hybridized carbons (Fsp3) is 0.921. The van der Waals surface area contributed by atoms with E-state index in [1.165, 1.54) is 18.2 Å². The lowest BCUT2D eigenvalue weighted by atomic mass is 10.3. The van der Waals surface area contributed by atoms with Crippen LogP contribution in [-0.2, 0) is 147 Å². The summed E-state index contributed by atoms with van der Waals surface area (Å²) in [6.45, 7) is 30.1. The molecule has 1 saturated heterocycles. The van der Waals surface area contributed by atoms with E-state index < -0.39 is 5.97 Å². The quantitative estimate of drug-likeness (QED) is 0.0368. The minimum absolute atomic E-state index is 0.0168. The largest absolute Gasteiger partial charge is 0.481 e. The van der Waals surface area contributed by atoms with Gasteiger partial charge in [-0.2, -0.15) is 11.8 Å². The minimum Gasteiger partial charge on any atom is -0.481 e. The first-order chi connectivity index (χ1) is 57.5. The molecule has 117 heavy (non-hydrogen) atoms. The lowest BCUT2D eigenvalue weighted by molar-refractivity contribution is -0.140. The molecule has 0 aromatic rings.